The summed E-state index contributed by atoms with van der Waals surface area (Å²) in [5, 5.41) is 4.82. The van der Waals surface area contributed by atoms with Gasteiger partial charge in [0.2, 0.25) is 11.8 Å². The van der Waals surface area contributed by atoms with Crippen molar-refractivity contribution in [2.24, 2.45) is 0 Å². The standard InChI is InChI=1S/C28H31N3O3/c1-5-19(3)29-27(33)20(4)30(16-22-11-7-6-10-18(22)2)25(32)17-31-24-15-9-13-21-12-8-14-23(26(21)24)28(31)34/h6-15,19-20H,5,16-17H2,1-4H3,(H,29,33)/t19-,20+/m1/s1. The summed E-state index contributed by atoms with van der Waals surface area (Å²) in [5.41, 5.74) is 3.36. The van der Waals surface area contributed by atoms with Crippen molar-refractivity contribution in [3.05, 3.63) is 77.4 Å². The lowest BCUT2D eigenvalue weighted by atomic mass is 10.1. The number of benzene rings is 3. The van der Waals surface area contributed by atoms with Gasteiger partial charge < -0.3 is 10.2 Å². The van der Waals surface area contributed by atoms with E-state index in [1.54, 1.807) is 17.9 Å². The Labute approximate surface area is 200 Å². The van der Waals surface area contributed by atoms with Crippen LogP contribution in [-0.2, 0) is 16.1 Å². The van der Waals surface area contributed by atoms with Crippen LogP contribution in [0, 0.1) is 6.92 Å². The number of rotatable bonds is 8. The molecule has 3 amide bonds. The summed E-state index contributed by atoms with van der Waals surface area (Å²) < 4.78 is 0. The summed E-state index contributed by atoms with van der Waals surface area (Å²) in [6, 6.07) is 18.5. The molecule has 0 saturated heterocycles. The van der Waals surface area contributed by atoms with Crippen molar-refractivity contribution in [2.75, 3.05) is 11.4 Å². The zero-order valence-electron chi connectivity index (χ0n) is 20.2. The Hall–Kier alpha value is -3.67. The average Bonchev–Trinajstić information content (AvgIpc) is 3.11. The van der Waals surface area contributed by atoms with Crippen LogP contribution in [0.15, 0.2) is 60.7 Å². The second-order valence-electron chi connectivity index (χ2n) is 9.01. The smallest absolute Gasteiger partial charge is 0.259 e. The molecule has 0 unspecified atom stereocenters. The van der Waals surface area contributed by atoms with Gasteiger partial charge >= 0.3 is 0 Å². The van der Waals surface area contributed by atoms with Gasteiger partial charge in [-0.1, -0.05) is 55.5 Å². The molecule has 0 spiro atoms. The second-order valence-corrected chi connectivity index (χ2v) is 9.01. The van der Waals surface area contributed by atoms with Crippen molar-refractivity contribution in [3.63, 3.8) is 0 Å². The maximum absolute atomic E-state index is 13.7. The average molecular weight is 458 g/mol. The Bertz CT molecular complexity index is 1250. The molecule has 1 N–H and O–H groups in total. The van der Waals surface area contributed by atoms with Crippen LogP contribution in [0.4, 0.5) is 5.69 Å². The molecular formula is C28H31N3O3. The summed E-state index contributed by atoms with van der Waals surface area (Å²) in [4.78, 5) is 43.0. The van der Waals surface area contributed by atoms with Crippen molar-refractivity contribution in [1.29, 1.82) is 0 Å². The number of amides is 3. The lowest BCUT2D eigenvalue weighted by Crippen LogP contribution is -2.52. The minimum Gasteiger partial charge on any atom is -0.352 e. The van der Waals surface area contributed by atoms with Crippen LogP contribution in [0.3, 0.4) is 0 Å². The predicted octanol–water partition coefficient (Wildman–Crippen LogP) is 4.44. The number of nitrogens with one attached hydrogen (secondary N) is 1. The molecule has 0 bridgehead atoms. The number of carbonyl (C=O) groups excluding carboxylic acids is 3. The normalized spacial score (nSPS) is 14.2. The van der Waals surface area contributed by atoms with Gasteiger partial charge in [-0.15, -0.1) is 0 Å². The van der Waals surface area contributed by atoms with E-state index in [0.717, 1.165) is 34.0 Å². The lowest BCUT2D eigenvalue weighted by Gasteiger charge is -2.31. The summed E-state index contributed by atoms with van der Waals surface area (Å²) in [7, 11) is 0. The van der Waals surface area contributed by atoms with Crippen molar-refractivity contribution in [2.45, 2.75) is 52.7 Å². The largest absolute Gasteiger partial charge is 0.352 e. The number of hydrogen-bond donors (Lipinski definition) is 1. The Balaban J connectivity index is 1.63. The molecule has 2 atom stereocenters. The Morgan fingerprint density at radius 1 is 1.00 bits per heavy atom. The van der Waals surface area contributed by atoms with Crippen molar-refractivity contribution in [1.82, 2.24) is 10.2 Å². The van der Waals surface area contributed by atoms with Gasteiger partial charge in [0.1, 0.15) is 12.6 Å². The minimum atomic E-state index is -0.683. The first-order chi connectivity index (χ1) is 16.3. The first-order valence-corrected chi connectivity index (χ1v) is 11.8. The van der Waals surface area contributed by atoms with Crippen LogP contribution in [0.2, 0.25) is 0 Å². The Kier molecular flexibility index (Phi) is 6.68. The molecule has 176 valence electrons. The highest BCUT2D eigenvalue weighted by atomic mass is 16.2. The van der Waals surface area contributed by atoms with E-state index in [1.165, 1.54) is 4.90 Å². The number of hydrogen-bond acceptors (Lipinski definition) is 3. The number of carbonyl (C=O) groups is 3. The summed E-state index contributed by atoms with van der Waals surface area (Å²) in [5.74, 6) is -0.657. The van der Waals surface area contributed by atoms with E-state index in [0.29, 0.717) is 12.1 Å². The lowest BCUT2D eigenvalue weighted by molar-refractivity contribution is -0.139. The second kappa shape index (κ2) is 9.67. The fourth-order valence-electron chi connectivity index (χ4n) is 4.38. The third-order valence-corrected chi connectivity index (χ3v) is 6.71. The van der Waals surface area contributed by atoms with Crippen molar-refractivity contribution in [3.8, 4) is 0 Å². The van der Waals surface area contributed by atoms with Gasteiger partial charge in [0.15, 0.2) is 0 Å². The SMILES string of the molecule is CC[C@@H](C)NC(=O)[C@H](C)N(Cc1ccccc1C)C(=O)CN1C(=O)c2cccc3cccc1c23. The molecule has 4 rings (SSSR count). The summed E-state index contributed by atoms with van der Waals surface area (Å²) in [6.07, 6.45) is 0.800. The molecule has 6 nitrogen and oxygen atoms in total. The first kappa shape index (κ1) is 23.5. The van der Waals surface area contributed by atoms with E-state index in [-0.39, 0.29) is 30.3 Å². The fraction of sp³-hybridized carbons (Fsp3) is 0.321. The van der Waals surface area contributed by atoms with Crippen LogP contribution in [0.5, 0.6) is 0 Å². The van der Waals surface area contributed by atoms with E-state index >= 15 is 0 Å². The quantitative estimate of drug-likeness (QED) is 0.544. The van der Waals surface area contributed by atoms with E-state index in [2.05, 4.69) is 5.32 Å². The maximum atomic E-state index is 13.7. The van der Waals surface area contributed by atoms with Gasteiger partial charge in [-0.05, 0) is 55.8 Å². The van der Waals surface area contributed by atoms with Gasteiger partial charge in [0, 0.05) is 23.5 Å². The van der Waals surface area contributed by atoms with Gasteiger partial charge in [-0.25, -0.2) is 0 Å². The van der Waals surface area contributed by atoms with Crippen LogP contribution in [-0.4, -0.2) is 41.2 Å². The Morgan fingerprint density at radius 2 is 1.71 bits per heavy atom. The molecule has 3 aromatic rings. The van der Waals surface area contributed by atoms with Crippen molar-refractivity contribution < 1.29 is 14.4 Å². The van der Waals surface area contributed by atoms with Gasteiger partial charge in [0.05, 0.1) is 5.69 Å². The van der Waals surface area contributed by atoms with E-state index in [4.69, 9.17) is 0 Å². The molecule has 0 aliphatic carbocycles. The topological polar surface area (TPSA) is 69.7 Å². The Morgan fingerprint density at radius 3 is 2.41 bits per heavy atom. The van der Waals surface area contributed by atoms with Gasteiger partial charge in [-0.2, -0.15) is 0 Å². The molecule has 6 heteroatoms. The highest BCUT2D eigenvalue weighted by Crippen LogP contribution is 2.37. The van der Waals surface area contributed by atoms with E-state index < -0.39 is 6.04 Å². The summed E-state index contributed by atoms with van der Waals surface area (Å²) in [6.45, 7) is 7.85. The van der Waals surface area contributed by atoms with Crippen LogP contribution in [0.1, 0.15) is 48.7 Å². The van der Waals surface area contributed by atoms with Gasteiger partial charge in [0.25, 0.3) is 5.91 Å². The molecule has 0 fully saturated rings. The van der Waals surface area contributed by atoms with E-state index in [9.17, 15) is 14.4 Å². The monoisotopic (exact) mass is 457 g/mol. The molecule has 34 heavy (non-hydrogen) atoms. The third-order valence-electron chi connectivity index (χ3n) is 6.71. The van der Waals surface area contributed by atoms with Crippen LogP contribution >= 0.6 is 0 Å². The van der Waals surface area contributed by atoms with Crippen molar-refractivity contribution >= 4 is 34.2 Å². The molecule has 0 radical (unpaired) electrons. The molecule has 0 saturated carbocycles. The highest BCUT2D eigenvalue weighted by molar-refractivity contribution is 6.26. The highest BCUT2D eigenvalue weighted by Gasteiger charge is 2.34. The number of anilines is 1. The zero-order chi connectivity index (χ0) is 24.4. The summed E-state index contributed by atoms with van der Waals surface area (Å²) >= 11 is 0. The fourth-order valence-corrected chi connectivity index (χ4v) is 4.38. The maximum Gasteiger partial charge on any atom is 0.259 e. The molecular weight excluding hydrogens is 426 g/mol. The molecule has 0 aromatic heterocycles. The van der Waals surface area contributed by atoms with Crippen LogP contribution < -0.4 is 10.2 Å². The van der Waals surface area contributed by atoms with E-state index in [1.807, 2.05) is 75.4 Å². The zero-order valence-corrected chi connectivity index (χ0v) is 20.2. The molecule has 1 aliphatic rings. The number of nitrogens with zero attached hydrogens (tertiary/aromatic N) is 2. The minimum absolute atomic E-state index is 0.0117. The third kappa shape index (κ3) is 4.40. The molecule has 1 aliphatic heterocycles. The van der Waals surface area contributed by atoms with Crippen LogP contribution in [0.25, 0.3) is 10.8 Å². The first-order valence-electron chi connectivity index (χ1n) is 11.8. The molecule has 1 heterocycles. The molecule has 3 aromatic carbocycles. The van der Waals surface area contributed by atoms with Gasteiger partial charge in [-0.3, -0.25) is 19.3 Å². The number of aryl methyl sites for hydroxylation is 1. The predicted molar refractivity (Wildman–Crippen MR) is 135 cm³/mol.